The summed E-state index contributed by atoms with van der Waals surface area (Å²) in [7, 11) is 1.47. The number of ether oxygens (including phenoxy) is 1. The number of nitrogens with zero attached hydrogens (tertiary/aromatic N) is 1. The van der Waals surface area contributed by atoms with E-state index in [1.165, 1.54) is 0 Å². The van der Waals surface area contributed by atoms with E-state index in [2.05, 4.69) is 19.1 Å². The molecule has 0 fully saturated rings. The Bertz CT molecular complexity index is 773. The number of allylic oxidation sites excluding steroid dienone is 7. The van der Waals surface area contributed by atoms with Crippen LogP contribution in [0.1, 0.15) is 64.7 Å². The molecule has 0 aromatic carbocycles. The fourth-order valence-corrected chi connectivity index (χ4v) is 3.73. The minimum atomic E-state index is -4.29. The lowest BCUT2D eigenvalue weighted by atomic mass is 10.1. The number of esters is 1. The number of likely N-dealkylation sites (N-methyl/N-ethyl adjacent to an activating group) is 1. The number of phosphoric acid groups is 1. The van der Waals surface area contributed by atoms with Crippen LogP contribution in [0.3, 0.4) is 0 Å². The van der Waals surface area contributed by atoms with E-state index >= 15 is 0 Å². The van der Waals surface area contributed by atoms with E-state index in [0.29, 0.717) is 23.9 Å². The molecule has 0 aliphatic carbocycles. The van der Waals surface area contributed by atoms with Crippen LogP contribution in [0, 0.1) is 0 Å². The highest BCUT2D eigenvalue weighted by Crippen LogP contribution is 2.43. The number of phosphoric ester groups is 1. The second-order valence-electron chi connectivity index (χ2n) is 10.1. The summed E-state index contributed by atoms with van der Waals surface area (Å²) < 4.78 is 27.4. The van der Waals surface area contributed by atoms with E-state index in [-0.39, 0.29) is 19.1 Å². The molecule has 220 valence electrons. The number of aliphatic hydroxyl groups excluding tert-OH is 2. The van der Waals surface area contributed by atoms with Crippen LogP contribution in [0.4, 0.5) is 0 Å². The van der Waals surface area contributed by atoms with Gasteiger partial charge >= 0.3 is 13.8 Å². The van der Waals surface area contributed by atoms with Crippen LogP contribution >= 0.6 is 7.82 Å². The third-order valence-corrected chi connectivity index (χ3v) is 6.24. The van der Waals surface area contributed by atoms with Crippen molar-refractivity contribution in [1.29, 1.82) is 0 Å². The average Bonchev–Trinajstić information content (AvgIpc) is 2.83. The minimum absolute atomic E-state index is 0.0316. The summed E-state index contributed by atoms with van der Waals surface area (Å²) >= 11 is 0. The first-order valence-electron chi connectivity index (χ1n) is 13.5. The number of rotatable bonds is 23. The number of quaternary nitrogens is 1. The molecule has 1 unspecified atom stereocenters. The second kappa shape index (κ2) is 22.3. The topological polar surface area (TPSA) is 123 Å². The molecule has 9 nitrogen and oxygen atoms in total. The lowest BCUT2D eigenvalue weighted by Gasteiger charge is -2.24. The quantitative estimate of drug-likeness (QED) is 0.0405. The number of carbonyl (C=O) groups is 1. The van der Waals surface area contributed by atoms with Crippen LogP contribution in [0.2, 0.25) is 0 Å². The maximum absolute atomic E-state index is 12.0. The third-order valence-electron chi connectivity index (χ3n) is 5.26. The van der Waals surface area contributed by atoms with Gasteiger partial charge < -0.3 is 24.3 Å². The smallest absolute Gasteiger partial charge is 0.457 e. The van der Waals surface area contributed by atoms with Gasteiger partial charge in [0, 0.05) is 6.42 Å². The van der Waals surface area contributed by atoms with Gasteiger partial charge in [0.2, 0.25) is 0 Å². The van der Waals surface area contributed by atoms with Crippen molar-refractivity contribution >= 4 is 13.8 Å². The number of hydrogen-bond acceptors (Lipinski definition) is 7. The molecule has 0 heterocycles. The van der Waals surface area contributed by atoms with Gasteiger partial charge in [-0.15, -0.1) is 0 Å². The van der Waals surface area contributed by atoms with Crippen LogP contribution in [0.5, 0.6) is 0 Å². The molecule has 0 bridgehead atoms. The van der Waals surface area contributed by atoms with Gasteiger partial charge in [-0.05, 0) is 32.1 Å². The first-order chi connectivity index (χ1) is 18.0. The zero-order chi connectivity index (χ0) is 28.7. The maximum Gasteiger partial charge on any atom is 0.472 e. The summed E-state index contributed by atoms with van der Waals surface area (Å²) in [4.78, 5) is 21.7. The molecule has 0 spiro atoms. The molecule has 0 aromatic rings. The van der Waals surface area contributed by atoms with Crippen LogP contribution in [-0.2, 0) is 23.1 Å². The van der Waals surface area contributed by atoms with Gasteiger partial charge in [0.15, 0.2) is 0 Å². The number of carbonyl (C=O) groups excluding carboxylic acids is 1. The van der Waals surface area contributed by atoms with E-state index in [1.807, 2.05) is 57.6 Å². The summed E-state index contributed by atoms with van der Waals surface area (Å²) in [6.45, 7) is 1.74. The van der Waals surface area contributed by atoms with Crippen molar-refractivity contribution in [3.05, 3.63) is 48.6 Å². The molecular weight excluding hydrogens is 509 g/mol. The molecule has 38 heavy (non-hydrogen) atoms. The van der Waals surface area contributed by atoms with Gasteiger partial charge in [0.25, 0.3) is 0 Å². The Morgan fingerprint density at radius 2 is 1.66 bits per heavy atom. The van der Waals surface area contributed by atoms with E-state index in [1.54, 1.807) is 0 Å². The van der Waals surface area contributed by atoms with Crippen molar-refractivity contribution in [2.75, 3.05) is 47.5 Å². The minimum Gasteiger partial charge on any atom is -0.457 e. The van der Waals surface area contributed by atoms with E-state index < -0.39 is 33.1 Å². The third kappa shape index (κ3) is 24.7. The van der Waals surface area contributed by atoms with Crippen molar-refractivity contribution in [2.45, 2.75) is 76.9 Å². The number of hydrogen-bond donors (Lipinski definition) is 3. The summed E-state index contributed by atoms with van der Waals surface area (Å²) in [5, 5.41) is 19.2. The molecule has 0 saturated carbocycles. The molecule has 0 aromatic heterocycles. The Morgan fingerprint density at radius 1 is 0.974 bits per heavy atom. The largest absolute Gasteiger partial charge is 0.472 e. The predicted octanol–water partition coefficient (Wildman–Crippen LogP) is 4.85. The normalized spacial score (nSPS) is 16.1. The fraction of sp³-hybridized carbons (Fsp3) is 0.679. The van der Waals surface area contributed by atoms with Crippen LogP contribution in [0.25, 0.3) is 0 Å². The highest BCUT2D eigenvalue weighted by atomic mass is 31.2. The monoisotopic (exact) mass is 560 g/mol. The van der Waals surface area contributed by atoms with Crippen molar-refractivity contribution < 1.29 is 42.7 Å². The van der Waals surface area contributed by atoms with E-state index in [9.17, 15) is 24.5 Å². The Hall–Kier alpha value is -1.58. The van der Waals surface area contributed by atoms with Gasteiger partial charge in [-0.25, -0.2) is 4.57 Å². The summed E-state index contributed by atoms with van der Waals surface area (Å²) in [6.07, 6.45) is 21.7. The van der Waals surface area contributed by atoms with E-state index in [4.69, 9.17) is 13.8 Å². The summed E-state index contributed by atoms with van der Waals surface area (Å²) in [5.74, 6) is -0.506. The molecule has 0 rings (SSSR count). The lowest BCUT2D eigenvalue weighted by Crippen LogP contribution is -2.37. The molecular formula is C28H51NO8P+. The number of unbranched alkanes of at least 4 members (excludes halogenated alkanes) is 3. The number of aliphatic hydroxyl groups is 2. The predicted molar refractivity (Wildman–Crippen MR) is 151 cm³/mol. The summed E-state index contributed by atoms with van der Waals surface area (Å²) in [6, 6.07) is 0. The zero-order valence-corrected chi connectivity index (χ0v) is 24.6. The SMILES string of the molecule is CCCCC[C@H](O)/C=C/C=C\C/C=C\C/C=C\CCCC(=O)O[C@H](CO)COP(=O)(O)OCC[N+](C)(C)C. The fourth-order valence-electron chi connectivity index (χ4n) is 2.99. The van der Waals surface area contributed by atoms with Crippen molar-refractivity contribution in [3.63, 3.8) is 0 Å². The first kappa shape index (κ1) is 36.4. The second-order valence-corrected chi connectivity index (χ2v) is 11.5. The molecule has 0 amide bonds. The Kier molecular flexibility index (Phi) is 21.3. The van der Waals surface area contributed by atoms with Crippen LogP contribution in [-0.4, -0.2) is 85.3 Å². The first-order valence-corrected chi connectivity index (χ1v) is 15.0. The zero-order valence-electron chi connectivity index (χ0n) is 23.7. The molecule has 3 atom stereocenters. The van der Waals surface area contributed by atoms with Gasteiger partial charge in [-0.1, -0.05) is 74.8 Å². The van der Waals surface area contributed by atoms with Crippen molar-refractivity contribution in [3.8, 4) is 0 Å². The van der Waals surface area contributed by atoms with Crippen molar-refractivity contribution in [2.24, 2.45) is 0 Å². The van der Waals surface area contributed by atoms with Crippen molar-refractivity contribution in [1.82, 2.24) is 0 Å². The molecule has 0 aliphatic heterocycles. The molecule has 0 radical (unpaired) electrons. The Labute approximate surface area is 229 Å². The maximum atomic E-state index is 12.0. The standard InChI is InChI=1S/C28H50NO8P/c1-5-6-16-19-26(31)20-17-14-12-10-8-7-9-11-13-15-18-21-28(32)37-27(24-30)25-36-38(33,34)35-23-22-29(2,3)4/h7-8,11-14,17,20,26-27,30-31H,5-6,9-10,15-16,18-19,21-25H2,1-4H3/p+1/b8-7-,13-11-,14-12-,20-17+/t26-,27+/m0/s1. The molecule has 3 N–H and O–H groups in total. The Morgan fingerprint density at radius 3 is 2.32 bits per heavy atom. The van der Waals surface area contributed by atoms with Gasteiger partial charge in [0.1, 0.15) is 19.3 Å². The summed E-state index contributed by atoms with van der Waals surface area (Å²) in [5.41, 5.74) is 0. The average molecular weight is 561 g/mol. The van der Waals surface area contributed by atoms with Crippen LogP contribution in [0.15, 0.2) is 48.6 Å². The van der Waals surface area contributed by atoms with Gasteiger partial charge in [-0.3, -0.25) is 13.8 Å². The lowest BCUT2D eigenvalue weighted by molar-refractivity contribution is -0.870. The molecule has 0 saturated heterocycles. The van der Waals surface area contributed by atoms with Gasteiger partial charge in [0.05, 0.1) is 40.5 Å². The van der Waals surface area contributed by atoms with E-state index in [0.717, 1.165) is 38.5 Å². The molecule has 0 aliphatic rings. The Balaban J connectivity index is 3.98. The van der Waals surface area contributed by atoms with Gasteiger partial charge in [-0.2, -0.15) is 0 Å². The molecule has 10 heteroatoms. The highest BCUT2D eigenvalue weighted by Gasteiger charge is 2.25. The van der Waals surface area contributed by atoms with Crippen LogP contribution < -0.4 is 0 Å². The highest BCUT2D eigenvalue weighted by molar-refractivity contribution is 7.47.